The van der Waals surface area contributed by atoms with Crippen molar-refractivity contribution in [3.8, 4) is 0 Å². The van der Waals surface area contributed by atoms with E-state index < -0.39 is 0 Å². The molecule has 0 rings (SSSR count). The Morgan fingerprint density at radius 3 is 1.78 bits per heavy atom. The van der Waals surface area contributed by atoms with E-state index in [9.17, 15) is 0 Å². The SMILES string of the molecule is CCSC(=S)SCC.[K+]. The van der Waals surface area contributed by atoms with Gasteiger partial charge in [-0.25, -0.2) is 0 Å². The fraction of sp³-hybridized carbons (Fsp3) is 0.800. The Bertz CT molecular complexity index is 66.6. The molecule has 0 aliphatic rings. The number of hydrogen-bond donors (Lipinski definition) is 0. The quantitative estimate of drug-likeness (QED) is 0.452. The third-order valence-electron chi connectivity index (χ3n) is 0.524. The van der Waals surface area contributed by atoms with E-state index in [2.05, 4.69) is 13.8 Å². The zero-order chi connectivity index (χ0) is 6.41. The molecule has 0 atom stereocenters. The molecule has 0 aromatic carbocycles. The molecule has 0 aliphatic carbocycles. The van der Waals surface area contributed by atoms with E-state index in [1.165, 1.54) is 0 Å². The Morgan fingerprint density at radius 1 is 1.22 bits per heavy atom. The predicted molar refractivity (Wildman–Crippen MR) is 48.9 cm³/mol. The first-order valence-electron chi connectivity index (χ1n) is 2.60. The molecule has 0 heterocycles. The fourth-order valence-electron chi connectivity index (χ4n) is 0.277. The number of thiocarbonyl (C=S) groups is 1. The Labute approximate surface area is 114 Å². The van der Waals surface area contributed by atoms with Crippen molar-refractivity contribution in [2.75, 3.05) is 11.5 Å². The van der Waals surface area contributed by atoms with E-state index in [0.717, 1.165) is 15.0 Å². The van der Waals surface area contributed by atoms with Gasteiger partial charge in [-0.2, -0.15) is 0 Å². The van der Waals surface area contributed by atoms with E-state index in [4.69, 9.17) is 12.2 Å². The molecular formula is C5H10KS3+. The van der Waals surface area contributed by atoms with Crippen molar-refractivity contribution >= 4 is 39.3 Å². The van der Waals surface area contributed by atoms with Gasteiger partial charge >= 0.3 is 51.4 Å². The van der Waals surface area contributed by atoms with Crippen molar-refractivity contribution in [1.82, 2.24) is 0 Å². The summed E-state index contributed by atoms with van der Waals surface area (Å²) in [7, 11) is 0. The number of thioether (sulfide) groups is 2. The summed E-state index contributed by atoms with van der Waals surface area (Å²) in [4.78, 5) is 0. The van der Waals surface area contributed by atoms with E-state index in [-0.39, 0.29) is 51.4 Å². The largest absolute Gasteiger partial charge is 1.00 e. The maximum Gasteiger partial charge on any atom is 1.00 e. The molecule has 0 saturated heterocycles. The van der Waals surface area contributed by atoms with Crippen molar-refractivity contribution < 1.29 is 51.4 Å². The predicted octanol–water partition coefficient (Wildman–Crippen LogP) is -0.219. The van der Waals surface area contributed by atoms with Crippen LogP contribution in [0.15, 0.2) is 0 Å². The zero-order valence-corrected chi connectivity index (χ0v) is 11.7. The molecule has 0 aliphatic heterocycles. The molecule has 0 radical (unpaired) electrons. The molecule has 0 bridgehead atoms. The Kier molecular flexibility index (Phi) is 16.2. The maximum atomic E-state index is 4.98. The normalized spacial score (nSPS) is 8.22. The van der Waals surface area contributed by atoms with Gasteiger partial charge in [-0.1, -0.05) is 26.1 Å². The Morgan fingerprint density at radius 2 is 1.56 bits per heavy atom. The molecule has 0 saturated carbocycles. The molecule has 0 unspecified atom stereocenters. The average molecular weight is 205 g/mol. The van der Waals surface area contributed by atoms with Crippen LogP contribution < -0.4 is 51.4 Å². The van der Waals surface area contributed by atoms with Crippen LogP contribution in [-0.4, -0.2) is 15.0 Å². The second kappa shape index (κ2) is 10.4. The molecule has 48 valence electrons. The van der Waals surface area contributed by atoms with Crippen LogP contribution in [0.4, 0.5) is 0 Å². The summed E-state index contributed by atoms with van der Waals surface area (Å²) in [5.74, 6) is 2.21. The summed E-state index contributed by atoms with van der Waals surface area (Å²) >= 11 is 8.48. The van der Waals surface area contributed by atoms with Crippen LogP contribution >= 0.6 is 35.7 Å². The first-order valence-corrected chi connectivity index (χ1v) is 4.98. The second-order valence-corrected chi connectivity index (χ2v) is 4.85. The van der Waals surface area contributed by atoms with Crippen LogP contribution in [0.2, 0.25) is 0 Å². The summed E-state index contributed by atoms with van der Waals surface area (Å²) in [5.41, 5.74) is 0. The summed E-state index contributed by atoms with van der Waals surface area (Å²) < 4.78 is 1.08. The van der Waals surface area contributed by atoms with Gasteiger partial charge < -0.3 is 0 Å². The second-order valence-electron chi connectivity index (χ2n) is 1.12. The van der Waals surface area contributed by atoms with Gasteiger partial charge in [-0.15, -0.1) is 23.5 Å². The first-order chi connectivity index (χ1) is 3.81. The van der Waals surface area contributed by atoms with Gasteiger partial charge in [0.15, 0.2) is 0 Å². The molecule has 4 heteroatoms. The van der Waals surface area contributed by atoms with Crippen LogP contribution in [-0.2, 0) is 0 Å². The third-order valence-corrected chi connectivity index (χ3v) is 2.99. The number of hydrogen-bond acceptors (Lipinski definition) is 3. The third kappa shape index (κ3) is 10.4. The summed E-state index contributed by atoms with van der Waals surface area (Å²) in [6.07, 6.45) is 0. The topological polar surface area (TPSA) is 0 Å². The average Bonchev–Trinajstić information content (AvgIpc) is 1.68. The van der Waals surface area contributed by atoms with Gasteiger partial charge in [0, 0.05) is 0 Å². The van der Waals surface area contributed by atoms with E-state index in [1.807, 2.05) is 0 Å². The standard InChI is InChI=1S/C5H10S3.K/c1-3-7-5(6)8-4-2;/h3-4H2,1-2H3;/q;+1. The van der Waals surface area contributed by atoms with Gasteiger partial charge in [-0.3, -0.25) is 0 Å². The fourth-order valence-corrected chi connectivity index (χ4v) is 2.50. The molecule has 0 aromatic heterocycles. The van der Waals surface area contributed by atoms with Crippen LogP contribution in [0, 0.1) is 0 Å². The van der Waals surface area contributed by atoms with Crippen molar-refractivity contribution in [2.45, 2.75) is 13.8 Å². The monoisotopic (exact) mass is 205 g/mol. The summed E-state index contributed by atoms with van der Waals surface area (Å²) in [5, 5.41) is 0. The van der Waals surface area contributed by atoms with E-state index in [1.54, 1.807) is 23.5 Å². The van der Waals surface area contributed by atoms with Crippen LogP contribution in [0.25, 0.3) is 0 Å². The van der Waals surface area contributed by atoms with Gasteiger partial charge in [0.2, 0.25) is 0 Å². The minimum Gasteiger partial charge on any atom is -0.108 e. The zero-order valence-electron chi connectivity index (χ0n) is 6.14. The summed E-state index contributed by atoms with van der Waals surface area (Å²) in [6.45, 7) is 4.24. The van der Waals surface area contributed by atoms with Crippen LogP contribution in [0.1, 0.15) is 13.8 Å². The number of rotatable bonds is 2. The van der Waals surface area contributed by atoms with Crippen LogP contribution in [0.3, 0.4) is 0 Å². The van der Waals surface area contributed by atoms with Crippen molar-refractivity contribution in [1.29, 1.82) is 0 Å². The minimum absolute atomic E-state index is 0. The van der Waals surface area contributed by atoms with Gasteiger partial charge in [-0.05, 0) is 11.5 Å². The molecule has 9 heavy (non-hydrogen) atoms. The smallest absolute Gasteiger partial charge is 0.108 e. The molecule has 0 fully saturated rings. The molecule has 0 aromatic rings. The maximum absolute atomic E-state index is 4.98. The minimum atomic E-state index is 0. The molecule has 0 amide bonds. The van der Waals surface area contributed by atoms with Gasteiger partial charge in [0.1, 0.15) is 3.53 Å². The molecule has 0 N–H and O–H groups in total. The van der Waals surface area contributed by atoms with Crippen molar-refractivity contribution in [3.05, 3.63) is 0 Å². The van der Waals surface area contributed by atoms with E-state index in [0.29, 0.717) is 0 Å². The van der Waals surface area contributed by atoms with E-state index >= 15 is 0 Å². The van der Waals surface area contributed by atoms with Gasteiger partial charge in [0.25, 0.3) is 0 Å². The van der Waals surface area contributed by atoms with Gasteiger partial charge in [0.05, 0.1) is 0 Å². The van der Waals surface area contributed by atoms with Crippen molar-refractivity contribution in [3.63, 3.8) is 0 Å². The summed E-state index contributed by atoms with van der Waals surface area (Å²) in [6, 6.07) is 0. The Hall–Kier alpha value is 2.43. The van der Waals surface area contributed by atoms with Crippen LogP contribution in [0.5, 0.6) is 0 Å². The first kappa shape index (κ1) is 14.0. The Balaban J connectivity index is 0. The van der Waals surface area contributed by atoms with Crippen molar-refractivity contribution in [2.24, 2.45) is 0 Å². The molecule has 0 nitrogen and oxygen atoms in total. The molecule has 0 spiro atoms. The molecular weight excluding hydrogens is 195 g/mol.